The van der Waals surface area contributed by atoms with E-state index in [1.54, 1.807) is 19.2 Å². The van der Waals surface area contributed by atoms with E-state index in [2.05, 4.69) is 5.32 Å². The zero-order valence-electron chi connectivity index (χ0n) is 17.0. The van der Waals surface area contributed by atoms with Gasteiger partial charge < -0.3 is 15.2 Å². The third kappa shape index (κ3) is 4.02. The number of hydrogen-bond acceptors (Lipinski definition) is 3. The number of carbonyl (C=O) groups is 1. The number of methoxy groups -OCH3 is 1. The Morgan fingerprint density at radius 3 is 2.34 bits per heavy atom. The molecule has 0 saturated heterocycles. The van der Waals surface area contributed by atoms with Gasteiger partial charge in [0.05, 0.1) is 11.6 Å². The summed E-state index contributed by atoms with van der Waals surface area (Å²) in [7, 11) is 1.68. The Morgan fingerprint density at radius 1 is 1.10 bits per heavy atom. The molecular weight excluding hydrogens is 380 g/mol. The fourth-order valence-electron chi connectivity index (χ4n) is 4.31. The number of rotatable bonds is 3. The van der Waals surface area contributed by atoms with Crippen molar-refractivity contribution in [3.63, 3.8) is 0 Å². The summed E-state index contributed by atoms with van der Waals surface area (Å²) in [4.78, 5) is 12.8. The van der Waals surface area contributed by atoms with Crippen molar-refractivity contribution < 1.29 is 48.6 Å². The summed E-state index contributed by atoms with van der Waals surface area (Å²) < 4.78 is 18.6. The van der Waals surface area contributed by atoms with Gasteiger partial charge in [0.15, 0.2) is 0 Å². The van der Waals surface area contributed by atoms with Gasteiger partial charge in [-0.2, -0.15) is 0 Å². The molecule has 146 valence electrons. The Morgan fingerprint density at radius 2 is 1.72 bits per heavy atom. The maximum absolute atomic E-state index is 13.3. The van der Waals surface area contributed by atoms with E-state index in [9.17, 15) is 14.3 Å². The van der Waals surface area contributed by atoms with Gasteiger partial charge in [-0.1, -0.05) is 30.0 Å². The van der Waals surface area contributed by atoms with E-state index in [4.69, 9.17) is 4.74 Å². The predicted octanol–water partition coefficient (Wildman–Crippen LogP) is 0.334. The zero-order chi connectivity index (χ0) is 19.9. The van der Waals surface area contributed by atoms with Crippen molar-refractivity contribution in [1.82, 2.24) is 5.32 Å². The first kappa shape index (κ1) is 22.0. The smallest absolute Gasteiger partial charge is 0.873 e. The van der Waals surface area contributed by atoms with E-state index in [0.717, 1.165) is 29.5 Å². The molecule has 1 saturated carbocycles. The number of carbonyl (C=O) groups excluding carboxylic acids is 1. The SMILES string of the molecule is COC1CCC2(CC1)NC(=O)C(c1cc(-c3ccc(F)cc3)ccc1C)=C2[O-].[Na+]. The number of benzene rings is 2. The quantitative estimate of drug-likeness (QED) is 0.752. The van der Waals surface area contributed by atoms with Crippen LogP contribution in [0.1, 0.15) is 36.8 Å². The Labute approximate surface area is 192 Å². The van der Waals surface area contributed by atoms with Crippen LogP contribution in [0, 0.1) is 12.7 Å². The first-order chi connectivity index (χ1) is 13.4. The molecule has 6 heteroatoms. The largest absolute Gasteiger partial charge is 1.00 e. The fraction of sp³-hybridized carbons (Fsp3) is 0.348. The van der Waals surface area contributed by atoms with E-state index in [1.807, 2.05) is 25.1 Å². The van der Waals surface area contributed by atoms with Crippen LogP contribution in [0.5, 0.6) is 0 Å². The van der Waals surface area contributed by atoms with Crippen LogP contribution < -0.4 is 40.0 Å². The summed E-state index contributed by atoms with van der Waals surface area (Å²) in [5.74, 6) is -0.726. The molecule has 1 N–H and O–H groups in total. The van der Waals surface area contributed by atoms with Gasteiger partial charge in [0.1, 0.15) is 5.82 Å². The molecule has 1 spiro atoms. The van der Waals surface area contributed by atoms with Gasteiger partial charge >= 0.3 is 29.6 Å². The summed E-state index contributed by atoms with van der Waals surface area (Å²) in [6.45, 7) is 1.89. The van der Waals surface area contributed by atoms with Crippen LogP contribution >= 0.6 is 0 Å². The van der Waals surface area contributed by atoms with Crippen LogP contribution in [0.25, 0.3) is 16.7 Å². The summed E-state index contributed by atoms with van der Waals surface area (Å²) >= 11 is 0. The van der Waals surface area contributed by atoms with Crippen LogP contribution in [0.15, 0.2) is 48.2 Å². The van der Waals surface area contributed by atoms with Crippen LogP contribution in [0.3, 0.4) is 0 Å². The van der Waals surface area contributed by atoms with Gasteiger partial charge in [-0.25, -0.2) is 4.39 Å². The number of amides is 1. The minimum Gasteiger partial charge on any atom is -0.873 e. The van der Waals surface area contributed by atoms with E-state index in [-0.39, 0.29) is 58.7 Å². The predicted molar refractivity (Wildman–Crippen MR) is 104 cm³/mol. The number of nitrogens with one attached hydrogen (secondary N) is 1. The minimum atomic E-state index is -0.806. The molecule has 4 rings (SSSR count). The molecule has 1 aliphatic heterocycles. The monoisotopic (exact) mass is 403 g/mol. The first-order valence-corrected chi connectivity index (χ1v) is 9.57. The Kier molecular flexibility index (Phi) is 6.54. The maximum atomic E-state index is 13.3. The molecule has 0 bridgehead atoms. The molecule has 1 fully saturated rings. The van der Waals surface area contributed by atoms with Crippen molar-refractivity contribution in [1.29, 1.82) is 0 Å². The maximum Gasteiger partial charge on any atom is 1.00 e. The van der Waals surface area contributed by atoms with Crippen LogP contribution in [-0.4, -0.2) is 24.7 Å². The molecule has 1 heterocycles. The summed E-state index contributed by atoms with van der Waals surface area (Å²) in [5.41, 5.74) is 2.63. The van der Waals surface area contributed by atoms with Crippen LogP contribution in [0.2, 0.25) is 0 Å². The molecule has 2 aliphatic rings. The van der Waals surface area contributed by atoms with Gasteiger partial charge in [0.25, 0.3) is 5.91 Å². The number of halogens is 1. The van der Waals surface area contributed by atoms with Gasteiger partial charge in [-0.15, -0.1) is 0 Å². The Balaban J connectivity index is 0.00000240. The molecule has 1 amide bonds. The van der Waals surface area contributed by atoms with Crippen LogP contribution in [-0.2, 0) is 9.53 Å². The van der Waals surface area contributed by atoms with E-state index in [1.165, 1.54) is 12.1 Å². The van der Waals surface area contributed by atoms with Gasteiger partial charge in [0, 0.05) is 12.7 Å². The molecule has 0 atom stereocenters. The van der Waals surface area contributed by atoms with Crippen molar-refractivity contribution >= 4 is 11.5 Å². The van der Waals surface area contributed by atoms with Gasteiger partial charge in [0.2, 0.25) is 0 Å². The summed E-state index contributed by atoms with van der Waals surface area (Å²) in [6.07, 6.45) is 2.84. The topological polar surface area (TPSA) is 61.4 Å². The minimum absolute atomic E-state index is 0. The summed E-state index contributed by atoms with van der Waals surface area (Å²) in [5, 5.41) is 16.3. The first-order valence-electron chi connectivity index (χ1n) is 9.57. The standard InChI is InChI=1S/C23H24FNO3.Na/c1-14-3-4-16(15-5-7-17(24)8-6-15)13-19(14)20-21(26)23(25-22(20)27)11-9-18(28-2)10-12-23;/h3-8,13,18,26H,9-12H2,1-2H3,(H,25,27);/q;+1/p-1. The molecule has 0 radical (unpaired) electrons. The average Bonchev–Trinajstić information content (AvgIpc) is 2.93. The Hall–Kier alpha value is -1.66. The second kappa shape index (κ2) is 8.60. The molecule has 2 aromatic carbocycles. The van der Waals surface area contributed by atoms with Crippen molar-refractivity contribution in [2.45, 2.75) is 44.2 Å². The number of aryl methyl sites for hydroxylation is 1. The van der Waals surface area contributed by atoms with E-state index in [0.29, 0.717) is 18.4 Å². The van der Waals surface area contributed by atoms with Crippen molar-refractivity contribution in [2.24, 2.45) is 0 Å². The molecule has 29 heavy (non-hydrogen) atoms. The number of hydrogen-bond donors (Lipinski definition) is 1. The fourth-order valence-corrected chi connectivity index (χ4v) is 4.31. The van der Waals surface area contributed by atoms with Gasteiger partial charge in [-0.05, 0) is 73.1 Å². The third-order valence-electron chi connectivity index (χ3n) is 6.05. The zero-order valence-corrected chi connectivity index (χ0v) is 19.0. The van der Waals surface area contributed by atoms with Crippen LogP contribution in [0.4, 0.5) is 4.39 Å². The van der Waals surface area contributed by atoms with Crippen molar-refractivity contribution in [3.8, 4) is 11.1 Å². The molecule has 1 aliphatic carbocycles. The second-order valence-corrected chi connectivity index (χ2v) is 7.71. The second-order valence-electron chi connectivity index (χ2n) is 7.71. The van der Waals surface area contributed by atoms with E-state index >= 15 is 0 Å². The summed E-state index contributed by atoms with van der Waals surface area (Å²) in [6, 6.07) is 11.9. The van der Waals surface area contributed by atoms with Crippen molar-refractivity contribution in [2.75, 3.05) is 7.11 Å². The average molecular weight is 403 g/mol. The molecular formula is C23H23FNNaO3. The Bertz CT molecular complexity index is 947. The normalized spacial score (nSPS) is 23.8. The number of ether oxygens (including phenoxy) is 1. The third-order valence-corrected chi connectivity index (χ3v) is 6.05. The van der Waals surface area contributed by atoms with Gasteiger partial charge in [-0.3, -0.25) is 4.79 Å². The van der Waals surface area contributed by atoms with Crippen molar-refractivity contribution in [3.05, 3.63) is 65.2 Å². The molecule has 2 aromatic rings. The molecule has 0 aromatic heterocycles. The molecule has 0 unspecified atom stereocenters. The molecule has 4 nitrogen and oxygen atoms in total. The van der Waals surface area contributed by atoms with E-state index < -0.39 is 5.54 Å².